The largest absolute Gasteiger partial charge is 0.396 e. The van der Waals surface area contributed by atoms with Crippen LogP contribution in [0.4, 0.5) is 5.95 Å². The highest BCUT2D eigenvalue weighted by molar-refractivity contribution is 5.93. The second kappa shape index (κ2) is 7.84. The fourth-order valence-corrected chi connectivity index (χ4v) is 3.54. The second-order valence-corrected chi connectivity index (χ2v) is 6.94. The van der Waals surface area contributed by atoms with Crippen LogP contribution in [0.3, 0.4) is 0 Å². The quantitative estimate of drug-likeness (QED) is 0.402. The van der Waals surface area contributed by atoms with Gasteiger partial charge in [0, 0.05) is 23.8 Å². The lowest BCUT2D eigenvalue weighted by Gasteiger charge is -2.18. The van der Waals surface area contributed by atoms with Crippen molar-refractivity contribution in [3.63, 3.8) is 0 Å². The maximum Gasteiger partial charge on any atom is 0.223 e. The topological polar surface area (TPSA) is 112 Å². The van der Waals surface area contributed by atoms with Crippen LogP contribution >= 0.6 is 0 Å². The zero-order valence-corrected chi connectivity index (χ0v) is 16.0. The SMILES string of the molecule is OCCC(Nc1ncc2cc(-c3ncnc4[nH]ncc34)ccc2n1)c1ccccc1. The number of aliphatic hydroxyl groups excluding tert-OH is 1. The summed E-state index contributed by atoms with van der Waals surface area (Å²) in [6, 6.07) is 15.9. The Morgan fingerprint density at radius 2 is 1.90 bits per heavy atom. The molecule has 0 radical (unpaired) electrons. The zero-order valence-electron chi connectivity index (χ0n) is 16.0. The van der Waals surface area contributed by atoms with Crippen molar-refractivity contribution in [1.82, 2.24) is 30.1 Å². The Morgan fingerprint density at radius 3 is 2.77 bits per heavy atom. The van der Waals surface area contributed by atoms with E-state index in [-0.39, 0.29) is 12.6 Å². The summed E-state index contributed by atoms with van der Waals surface area (Å²) in [6.07, 6.45) is 5.61. The van der Waals surface area contributed by atoms with Gasteiger partial charge in [0.1, 0.15) is 6.33 Å². The number of nitrogens with one attached hydrogen (secondary N) is 2. The Hall–Kier alpha value is -3.91. The number of hydrogen-bond donors (Lipinski definition) is 3. The third kappa shape index (κ3) is 3.44. The third-order valence-corrected chi connectivity index (χ3v) is 5.02. The summed E-state index contributed by atoms with van der Waals surface area (Å²) in [4.78, 5) is 17.7. The van der Waals surface area contributed by atoms with Gasteiger partial charge in [0.05, 0.1) is 28.8 Å². The summed E-state index contributed by atoms with van der Waals surface area (Å²) in [5.41, 5.74) is 4.36. The molecule has 3 N–H and O–H groups in total. The highest BCUT2D eigenvalue weighted by Gasteiger charge is 2.13. The van der Waals surface area contributed by atoms with Crippen molar-refractivity contribution in [2.24, 2.45) is 0 Å². The molecule has 3 aromatic heterocycles. The van der Waals surface area contributed by atoms with Gasteiger partial charge in [-0.3, -0.25) is 5.10 Å². The number of hydrogen-bond acceptors (Lipinski definition) is 7. The summed E-state index contributed by atoms with van der Waals surface area (Å²) in [6.45, 7) is 0.0743. The van der Waals surface area contributed by atoms with Gasteiger partial charge < -0.3 is 10.4 Å². The lowest BCUT2D eigenvalue weighted by molar-refractivity contribution is 0.280. The van der Waals surface area contributed by atoms with Crippen LogP contribution in [0.15, 0.2) is 67.3 Å². The van der Waals surface area contributed by atoms with Crippen molar-refractivity contribution >= 4 is 27.9 Å². The molecule has 2 aromatic carbocycles. The lowest BCUT2D eigenvalue weighted by atomic mass is 10.0. The van der Waals surface area contributed by atoms with Crippen LogP contribution in [0.2, 0.25) is 0 Å². The van der Waals surface area contributed by atoms with E-state index in [1.165, 1.54) is 6.33 Å². The average molecular weight is 397 g/mol. The molecule has 0 bridgehead atoms. The van der Waals surface area contributed by atoms with Crippen LogP contribution < -0.4 is 5.32 Å². The number of fused-ring (bicyclic) bond motifs is 2. The number of aliphatic hydroxyl groups is 1. The van der Waals surface area contributed by atoms with Gasteiger partial charge in [-0.15, -0.1) is 0 Å². The molecular formula is C22H19N7O. The molecule has 148 valence electrons. The molecule has 1 unspecified atom stereocenters. The third-order valence-electron chi connectivity index (χ3n) is 5.02. The van der Waals surface area contributed by atoms with Gasteiger partial charge in [0.25, 0.3) is 0 Å². The maximum absolute atomic E-state index is 9.45. The highest BCUT2D eigenvalue weighted by atomic mass is 16.3. The molecule has 0 saturated heterocycles. The monoisotopic (exact) mass is 397 g/mol. The Morgan fingerprint density at radius 1 is 1.00 bits per heavy atom. The van der Waals surface area contributed by atoms with Crippen LogP contribution in [-0.4, -0.2) is 41.8 Å². The number of anilines is 1. The molecule has 30 heavy (non-hydrogen) atoms. The van der Waals surface area contributed by atoms with Gasteiger partial charge in [-0.1, -0.05) is 36.4 Å². The van der Waals surface area contributed by atoms with Crippen molar-refractivity contribution in [1.29, 1.82) is 0 Å². The summed E-state index contributed by atoms with van der Waals surface area (Å²) < 4.78 is 0. The normalized spacial score (nSPS) is 12.3. The van der Waals surface area contributed by atoms with Crippen molar-refractivity contribution in [2.75, 3.05) is 11.9 Å². The van der Waals surface area contributed by atoms with Crippen molar-refractivity contribution in [2.45, 2.75) is 12.5 Å². The van der Waals surface area contributed by atoms with Crippen molar-refractivity contribution in [3.05, 3.63) is 72.8 Å². The molecular weight excluding hydrogens is 378 g/mol. The fraction of sp³-hybridized carbons (Fsp3) is 0.136. The number of aromatic nitrogens is 6. The molecule has 0 amide bonds. The molecule has 3 heterocycles. The average Bonchev–Trinajstić information content (AvgIpc) is 3.28. The molecule has 1 atom stereocenters. The van der Waals surface area contributed by atoms with E-state index in [1.807, 2.05) is 48.5 Å². The molecule has 8 nitrogen and oxygen atoms in total. The van der Waals surface area contributed by atoms with E-state index in [0.29, 0.717) is 18.0 Å². The number of nitrogens with zero attached hydrogens (tertiary/aromatic N) is 5. The first-order valence-electron chi connectivity index (χ1n) is 9.65. The number of benzene rings is 2. The Kier molecular flexibility index (Phi) is 4.74. The van der Waals surface area contributed by atoms with E-state index >= 15 is 0 Å². The Bertz CT molecular complexity index is 1300. The summed E-state index contributed by atoms with van der Waals surface area (Å²) in [5, 5.41) is 21.5. The van der Waals surface area contributed by atoms with E-state index < -0.39 is 0 Å². The van der Waals surface area contributed by atoms with Gasteiger partial charge in [-0.05, 0) is 24.1 Å². The minimum Gasteiger partial charge on any atom is -0.396 e. The smallest absolute Gasteiger partial charge is 0.223 e. The highest BCUT2D eigenvalue weighted by Crippen LogP contribution is 2.27. The predicted molar refractivity (Wildman–Crippen MR) is 115 cm³/mol. The molecule has 8 heteroatoms. The summed E-state index contributed by atoms with van der Waals surface area (Å²) in [7, 11) is 0. The second-order valence-electron chi connectivity index (χ2n) is 6.94. The molecule has 0 spiro atoms. The van der Waals surface area contributed by atoms with E-state index in [4.69, 9.17) is 0 Å². The van der Waals surface area contributed by atoms with Gasteiger partial charge >= 0.3 is 0 Å². The molecule has 5 rings (SSSR count). The Balaban J connectivity index is 1.47. The molecule has 0 fully saturated rings. The van der Waals surface area contributed by atoms with Crippen molar-refractivity contribution in [3.8, 4) is 11.3 Å². The van der Waals surface area contributed by atoms with E-state index in [9.17, 15) is 5.11 Å². The van der Waals surface area contributed by atoms with E-state index in [0.717, 1.165) is 33.1 Å². The summed E-state index contributed by atoms with van der Waals surface area (Å²) >= 11 is 0. The predicted octanol–water partition coefficient (Wildman–Crippen LogP) is 3.50. The standard InChI is InChI=1S/C22H19N7O/c30-9-8-19(14-4-2-1-3-5-14)28-22-23-11-16-10-15(6-7-18(16)27-22)20-17-12-26-29-21(17)25-13-24-20/h1-7,10-13,19,30H,8-9H2,(H,23,27,28)(H,24,25,26,29). The van der Waals surface area contributed by atoms with Crippen LogP contribution in [-0.2, 0) is 0 Å². The van der Waals surface area contributed by atoms with Gasteiger partial charge in [0.15, 0.2) is 5.65 Å². The zero-order chi connectivity index (χ0) is 20.3. The maximum atomic E-state index is 9.45. The summed E-state index contributed by atoms with van der Waals surface area (Å²) in [5.74, 6) is 0.525. The molecule has 5 aromatic rings. The fourth-order valence-electron chi connectivity index (χ4n) is 3.54. The molecule has 0 aliphatic rings. The van der Waals surface area contributed by atoms with E-state index in [2.05, 4.69) is 35.5 Å². The van der Waals surface area contributed by atoms with Gasteiger partial charge in [-0.2, -0.15) is 5.10 Å². The first kappa shape index (κ1) is 18.1. The molecule has 0 saturated carbocycles. The number of aromatic amines is 1. The van der Waals surface area contributed by atoms with Crippen LogP contribution in [0.25, 0.3) is 33.2 Å². The van der Waals surface area contributed by atoms with Crippen LogP contribution in [0, 0.1) is 0 Å². The van der Waals surface area contributed by atoms with Crippen LogP contribution in [0.5, 0.6) is 0 Å². The molecule has 0 aliphatic heterocycles. The first-order chi connectivity index (χ1) is 14.8. The van der Waals surface area contributed by atoms with Gasteiger partial charge in [-0.25, -0.2) is 19.9 Å². The lowest BCUT2D eigenvalue weighted by Crippen LogP contribution is -2.14. The molecule has 0 aliphatic carbocycles. The van der Waals surface area contributed by atoms with E-state index in [1.54, 1.807) is 12.4 Å². The number of rotatable bonds is 6. The number of H-pyrrole nitrogens is 1. The Labute approximate surface area is 172 Å². The van der Waals surface area contributed by atoms with Crippen LogP contribution in [0.1, 0.15) is 18.0 Å². The van der Waals surface area contributed by atoms with Crippen molar-refractivity contribution < 1.29 is 5.11 Å². The minimum absolute atomic E-state index is 0.0664. The minimum atomic E-state index is -0.0664. The van der Waals surface area contributed by atoms with Gasteiger partial charge in [0.2, 0.25) is 5.95 Å². The first-order valence-corrected chi connectivity index (χ1v) is 9.65.